The van der Waals surface area contributed by atoms with Crippen LogP contribution in [0.4, 0.5) is 26.3 Å². The van der Waals surface area contributed by atoms with Crippen molar-refractivity contribution in [2.75, 3.05) is 21.3 Å². The highest BCUT2D eigenvalue weighted by atomic mass is 19.4. The van der Waals surface area contributed by atoms with Crippen LogP contribution in [0.25, 0.3) is 16.9 Å². The smallest absolute Gasteiger partial charge is 0.417 e. The van der Waals surface area contributed by atoms with Crippen molar-refractivity contribution >= 4 is 11.9 Å². The third kappa shape index (κ3) is 4.79. The monoisotopic (exact) mass is 502 g/mol. The van der Waals surface area contributed by atoms with Gasteiger partial charge in [0.2, 0.25) is 0 Å². The number of hydrogen-bond donors (Lipinski definition) is 0. The highest BCUT2D eigenvalue weighted by molar-refractivity contribution is 6.07. The van der Waals surface area contributed by atoms with E-state index in [1.165, 1.54) is 24.3 Å². The number of carbonyl (C=O) groups is 2. The number of alkyl halides is 6. The van der Waals surface area contributed by atoms with Gasteiger partial charge in [-0.25, -0.2) is 14.3 Å². The molecule has 13 heteroatoms. The third-order valence-corrected chi connectivity index (χ3v) is 4.85. The standard InChI is InChI=1S/C22H16F6N2O5/c1-33-14-10-11(21(23,24)25)9-13(22(26,27)28)15(14)17-16(19(31)34-2)18(20(32)35-3)30(29-17)12-7-5-4-6-8-12/h4-10H,1-3H3. The van der Waals surface area contributed by atoms with E-state index in [0.29, 0.717) is 6.07 Å². The maximum atomic E-state index is 14.0. The summed E-state index contributed by atoms with van der Waals surface area (Å²) in [5.74, 6) is -3.32. The molecule has 35 heavy (non-hydrogen) atoms. The number of carbonyl (C=O) groups excluding carboxylic acids is 2. The van der Waals surface area contributed by atoms with Crippen molar-refractivity contribution in [3.8, 4) is 22.7 Å². The first-order valence-electron chi connectivity index (χ1n) is 9.57. The first-order chi connectivity index (χ1) is 16.3. The number of esters is 2. The summed E-state index contributed by atoms with van der Waals surface area (Å²) in [5, 5.41) is 4.02. The first kappa shape index (κ1) is 25.6. The van der Waals surface area contributed by atoms with Crippen molar-refractivity contribution in [2.24, 2.45) is 0 Å². The summed E-state index contributed by atoms with van der Waals surface area (Å²) in [5.41, 5.74) is -6.43. The molecule has 0 amide bonds. The summed E-state index contributed by atoms with van der Waals surface area (Å²) in [6.45, 7) is 0. The minimum atomic E-state index is -5.33. The molecule has 0 aliphatic rings. The first-order valence-corrected chi connectivity index (χ1v) is 9.57. The molecule has 7 nitrogen and oxygen atoms in total. The van der Waals surface area contributed by atoms with Crippen molar-refractivity contribution in [2.45, 2.75) is 12.4 Å². The maximum absolute atomic E-state index is 14.0. The molecule has 0 bridgehead atoms. The van der Waals surface area contributed by atoms with Crippen LogP contribution < -0.4 is 4.74 Å². The van der Waals surface area contributed by atoms with E-state index < -0.39 is 63.7 Å². The van der Waals surface area contributed by atoms with Crippen LogP contribution in [-0.4, -0.2) is 43.0 Å². The fourth-order valence-corrected chi connectivity index (χ4v) is 3.34. The van der Waals surface area contributed by atoms with Crippen LogP contribution in [0.2, 0.25) is 0 Å². The van der Waals surface area contributed by atoms with Crippen LogP contribution in [-0.2, 0) is 21.8 Å². The second-order valence-electron chi connectivity index (χ2n) is 6.90. The van der Waals surface area contributed by atoms with Crippen LogP contribution in [0, 0.1) is 0 Å². The summed E-state index contributed by atoms with van der Waals surface area (Å²) in [6.07, 6.45) is -10.5. The molecule has 0 aliphatic heterocycles. The van der Waals surface area contributed by atoms with E-state index in [1.54, 1.807) is 6.07 Å². The second kappa shape index (κ2) is 9.31. The van der Waals surface area contributed by atoms with E-state index in [9.17, 15) is 35.9 Å². The van der Waals surface area contributed by atoms with Crippen molar-refractivity contribution in [1.29, 1.82) is 0 Å². The Hall–Kier alpha value is -4.03. The number of nitrogens with zero attached hydrogens (tertiary/aromatic N) is 2. The lowest BCUT2D eigenvalue weighted by Crippen LogP contribution is -2.16. The van der Waals surface area contributed by atoms with Crippen molar-refractivity contribution in [3.63, 3.8) is 0 Å². The predicted octanol–water partition coefficient (Wildman–Crippen LogP) is 5.16. The van der Waals surface area contributed by atoms with Crippen molar-refractivity contribution < 1.29 is 50.1 Å². The van der Waals surface area contributed by atoms with Crippen LogP contribution >= 0.6 is 0 Å². The molecule has 186 valence electrons. The van der Waals surface area contributed by atoms with Gasteiger partial charge in [0.25, 0.3) is 0 Å². The molecule has 0 N–H and O–H groups in total. The van der Waals surface area contributed by atoms with Gasteiger partial charge < -0.3 is 14.2 Å². The average molecular weight is 502 g/mol. The van der Waals surface area contributed by atoms with E-state index in [0.717, 1.165) is 26.0 Å². The Balaban J connectivity index is 2.54. The molecule has 1 aromatic heterocycles. The Kier molecular flexibility index (Phi) is 6.81. The van der Waals surface area contributed by atoms with Crippen LogP contribution in [0.15, 0.2) is 42.5 Å². The van der Waals surface area contributed by atoms with E-state index in [2.05, 4.69) is 9.84 Å². The second-order valence-corrected chi connectivity index (χ2v) is 6.90. The number of hydrogen-bond acceptors (Lipinski definition) is 6. The van der Waals surface area contributed by atoms with Gasteiger partial charge in [0, 0.05) is 0 Å². The fourth-order valence-electron chi connectivity index (χ4n) is 3.34. The zero-order valence-corrected chi connectivity index (χ0v) is 18.2. The van der Waals surface area contributed by atoms with Gasteiger partial charge in [0.1, 0.15) is 17.0 Å². The summed E-state index contributed by atoms with van der Waals surface area (Å²) in [4.78, 5) is 25.3. The molecule has 0 unspecified atom stereocenters. The van der Waals surface area contributed by atoms with Gasteiger partial charge in [-0.1, -0.05) is 18.2 Å². The lowest BCUT2D eigenvalue weighted by molar-refractivity contribution is -0.142. The van der Waals surface area contributed by atoms with Crippen LogP contribution in [0.1, 0.15) is 32.0 Å². The highest BCUT2D eigenvalue weighted by Gasteiger charge is 2.43. The molecule has 3 aromatic rings. The van der Waals surface area contributed by atoms with E-state index in [4.69, 9.17) is 9.47 Å². The van der Waals surface area contributed by atoms with Gasteiger partial charge in [-0.3, -0.25) is 0 Å². The van der Waals surface area contributed by atoms with Crippen molar-refractivity contribution in [3.05, 3.63) is 64.8 Å². The molecule has 3 rings (SSSR count). The number of halogens is 6. The number of ether oxygens (including phenoxy) is 3. The van der Waals surface area contributed by atoms with Crippen molar-refractivity contribution in [1.82, 2.24) is 9.78 Å². The minimum absolute atomic E-state index is 0.127. The predicted molar refractivity (Wildman–Crippen MR) is 108 cm³/mol. The zero-order valence-electron chi connectivity index (χ0n) is 18.2. The molecule has 0 saturated heterocycles. The van der Waals surface area contributed by atoms with Gasteiger partial charge in [-0.2, -0.15) is 31.4 Å². The number of para-hydroxylation sites is 1. The molecular weight excluding hydrogens is 486 g/mol. The van der Waals surface area contributed by atoms with Crippen LogP contribution in [0.5, 0.6) is 5.75 Å². The van der Waals surface area contributed by atoms with Gasteiger partial charge in [-0.15, -0.1) is 0 Å². The molecule has 0 fully saturated rings. The molecular formula is C22H16F6N2O5. The Morgan fingerprint density at radius 1 is 0.857 bits per heavy atom. The number of rotatable bonds is 5. The highest BCUT2D eigenvalue weighted by Crippen LogP contribution is 2.47. The number of benzene rings is 2. The van der Waals surface area contributed by atoms with E-state index >= 15 is 0 Å². The van der Waals surface area contributed by atoms with E-state index in [-0.39, 0.29) is 11.8 Å². The zero-order chi connectivity index (χ0) is 26.1. The van der Waals surface area contributed by atoms with Gasteiger partial charge in [0.15, 0.2) is 5.69 Å². The molecule has 0 aliphatic carbocycles. The summed E-state index contributed by atoms with van der Waals surface area (Å²) >= 11 is 0. The summed E-state index contributed by atoms with van der Waals surface area (Å²) in [7, 11) is 2.72. The lowest BCUT2D eigenvalue weighted by atomic mass is 9.96. The summed E-state index contributed by atoms with van der Waals surface area (Å²) in [6, 6.07) is 7.72. The van der Waals surface area contributed by atoms with E-state index in [1.807, 2.05) is 0 Å². The van der Waals surface area contributed by atoms with Gasteiger partial charge >= 0.3 is 24.3 Å². The SMILES string of the molecule is COC(=O)c1c(-c2c(OC)cc(C(F)(F)F)cc2C(F)(F)F)nn(-c2ccccc2)c1C(=O)OC. The number of aromatic nitrogens is 2. The topological polar surface area (TPSA) is 79.7 Å². The minimum Gasteiger partial charge on any atom is -0.496 e. The molecule has 2 aromatic carbocycles. The van der Waals surface area contributed by atoms with Crippen LogP contribution in [0.3, 0.4) is 0 Å². The lowest BCUT2D eigenvalue weighted by Gasteiger charge is -2.18. The fraction of sp³-hybridized carbons (Fsp3) is 0.227. The third-order valence-electron chi connectivity index (χ3n) is 4.85. The molecule has 0 saturated carbocycles. The van der Waals surface area contributed by atoms with Gasteiger partial charge in [-0.05, 0) is 24.3 Å². The largest absolute Gasteiger partial charge is 0.496 e. The molecule has 0 radical (unpaired) electrons. The molecule has 0 spiro atoms. The molecule has 0 atom stereocenters. The Morgan fingerprint density at radius 3 is 1.94 bits per heavy atom. The number of methoxy groups -OCH3 is 3. The Labute approximate surface area is 193 Å². The van der Waals surface area contributed by atoms with Gasteiger partial charge in [0.05, 0.1) is 43.7 Å². The Morgan fingerprint density at radius 2 is 1.46 bits per heavy atom. The quantitative estimate of drug-likeness (QED) is 0.354. The Bertz CT molecular complexity index is 1270. The molecule has 1 heterocycles. The normalized spacial score (nSPS) is 11.8. The average Bonchev–Trinajstić information content (AvgIpc) is 3.21. The maximum Gasteiger partial charge on any atom is 0.417 e. The summed E-state index contributed by atoms with van der Waals surface area (Å²) < 4.78 is 97.1.